The van der Waals surface area contributed by atoms with Crippen LogP contribution in [-0.2, 0) is 14.8 Å². The Hall–Kier alpha value is -1.80. The fourth-order valence-corrected chi connectivity index (χ4v) is 3.56. The van der Waals surface area contributed by atoms with Crippen molar-refractivity contribution in [3.8, 4) is 0 Å². The summed E-state index contributed by atoms with van der Waals surface area (Å²) in [6.45, 7) is 4.83. The van der Waals surface area contributed by atoms with Crippen molar-refractivity contribution >= 4 is 39.1 Å². The number of halogens is 1. The van der Waals surface area contributed by atoms with Crippen molar-refractivity contribution in [1.82, 2.24) is 10.2 Å². The van der Waals surface area contributed by atoms with Crippen molar-refractivity contribution in [2.24, 2.45) is 5.41 Å². The molecule has 9 heteroatoms. The normalized spacial score (nSPS) is 16.1. The Labute approximate surface area is 165 Å². The molecule has 2 rings (SSSR count). The zero-order valence-electron chi connectivity index (χ0n) is 15.8. The average Bonchev–Trinajstić information content (AvgIpc) is 2.61. The summed E-state index contributed by atoms with van der Waals surface area (Å²) < 4.78 is 24.8. The maximum atomic E-state index is 12.4. The molecule has 1 fully saturated rings. The Kier molecular flexibility index (Phi) is 6.75. The fraction of sp³-hybridized carbons (Fsp3) is 0.556. The van der Waals surface area contributed by atoms with Gasteiger partial charge in [-0.25, -0.2) is 8.42 Å². The Bertz CT molecular complexity index is 785. The lowest BCUT2D eigenvalue weighted by atomic mass is 9.92. The molecule has 1 aromatic carbocycles. The first-order valence-corrected chi connectivity index (χ1v) is 11.2. The average molecular weight is 416 g/mol. The summed E-state index contributed by atoms with van der Waals surface area (Å²) in [5, 5.41) is 2.97. The second-order valence-corrected chi connectivity index (χ2v) is 9.52. The number of benzene rings is 1. The predicted octanol–water partition coefficient (Wildman–Crippen LogP) is 2.04. The quantitative estimate of drug-likeness (QED) is 0.695. The Morgan fingerprint density at radius 1 is 1.19 bits per heavy atom. The molecule has 1 aromatic rings. The third-order valence-corrected chi connectivity index (χ3v) is 5.76. The van der Waals surface area contributed by atoms with Gasteiger partial charge in [-0.15, -0.1) is 11.6 Å². The number of alkyl halides is 1. The van der Waals surface area contributed by atoms with Crippen LogP contribution in [0.4, 0.5) is 5.69 Å². The minimum atomic E-state index is -3.35. The minimum Gasteiger partial charge on any atom is -0.349 e. The first kappa shape index (κ1) is 21.5. The second-order valence-electron chi connectivity index (χ2n) is 7.51. The largest absolute Gasteiger partial charge is 0.349 e. The molecule has 1 aliphatic rings. The van der Waals surface area contributed by atoms with Crippen LogP contribution in [0.5, 0.6) is 0 Å². The molecule has 1 heterocycles. The molecule has 0 atom stereocenters. The summed E-state index contributed by atoms with van der Waals surface area (Å²) >= 11 is 5.88. The van der Waals surface area contributed by atoms with E-state index < -0.39 is 15.4 Å². The number of nitrogens with zero attached hydrogens (tertiary/aromatic N) is 1. The zero-order valence-corrected chi connectivity index (χ0v) is 17.4. The van der Waals surface area contributed by atoms with Crippen LogP contribution >= 0.6 is 11.6 Å². The van der Waals surface area contributed by atoms with E-state index in [1.165, 1.54) is 0 Å². The summed E-state index contributed by atoms with van der Waals surface area (Å²) in [5.41, 5.74) is 0.276. The number of likely N-dealkylation sites (tertiary alicyclic amines) is 1. The summed E-state index contributed by atoms with van der Waals surface area (Å²) in [6.07, 6.45) is 2.44. The molecule has 1 saturated heterocycles. The Morgan fingerprint density at radius 3 is 2.22 bits per heavy atom. The van der Waals surface area contributed by atoms with Gasteiger partial charge < -0.3 is 10.2 Å². The van der Waals surface area contributed by atoms with E-state index in [2.05, 4.69) is 10.0 Å². The summed E-state index contributed by atoms with van der Waals surface area (Å²) in [6, 6.07) is 6.24. The molecular weight excluding hydrogens is 390 g/mol. The lowest BCUT2D eigenvalue weighted by molar-refractivity contribution is -0.140. The van der Waals surface area contributed by atoms with Crippen LogP contribution in [0, 0.1) is 5.41 Å². The lowest BCUT2D eigenvalue weighted by Crippen LogP contribution is -2.50. The van der Waals surface area contributed by atoms with Crippen LogP contribution in [-0.4, -0.2) is 56.4 Å². The highest BCUT2D eigenvalue weighted by Crippen LogP contribution is 2.23. The van der Waals surface area contributed by atoms with Crippen molar-refractivity contribution in [3.63, 3.8) is 0 Å². The number of piperidine rings is 1. The first-order chi connectivity index (χ1) is 12.5. The minimum absolute atomic E-state index is 0.00511. The third kappa shape index (κ3) is 6.10. The molecule has 0 unspecified atom stereocenters. The molecule has 150 valence electrons. The van der Waals surface area contributed by atoms with Crippen molar-refractivity contribution in [2.45, 2.75) is 32.7 Å². The van der Waals surface area contributed by atoms with Gasteiger partial charge in [-0.1, -0.05) is 0 Å². The number of hydrogen-bond donors (Lipinski definition) is 2. The van der Waals surface area contributed by atoms with Crippen molar-refractivity contribution in [1.29, 1.82) is 0 Å². The Balaban J connectivity index is 1.88. The third-order valence-electron chi connectivity index (χ3n) is 4.48. The summed E-state index contributed by atoms with van der Waals surface area (Å²) in [4.78, 5) is 26.6. The van der Waals surface area contributed by atoms with Crippen LogP contribution < -0.4 is 10.0 Å². The molecule has 7 nitrogen and oxygen atoms in total. The standard InChI is InChI=1S/C18H26ClN3O4S/c1-18(2,12-19)17(24)22-10-8-14(9-11-22)20-16(23)13-4-6-15(7-5-13)21-27(3,25)26/h4-7,14,21H,8-12H2,1-3H3,(H,20,23). The molecule has 2 amide bonds. The monoisotopic (exact) mass is 415 g/mol. The van der Waals surface area contributed by atoms with Gasteiger partial charge in [0.05, 0.1) is 11.7 Å². The highest BCUT2D eigenvalue weighted by atomic mass is 35.5. The fourth-order valence-electron chi connectivity index (χ4n) is 2.88. The number of carbonyl (C=O) groups excluding carboxylic acids is 2. The smallest absolute Gasteiger partial charge is 0.251 e. The van der Waals surface area contributed by atoms with Gasteiger partial charge in [-0.3, -0.25) is 14.3 Å². The number of anilines is 1. The van der Waals surface area contributed by atoms with Crippen molar-refractivity contribution in [2.75, 3.05) is 29.9 Å². The van der Waals surface area contributed by atoms with Gasteiger partial charge in [0, 0.05) is 36.3 Å². The van der Waals surface area contributed by atoms with Crippen molar-refractivity contribution < 1.29 is 18.0 Å². The zero-order chi connectivity index (χ0) is 20.2. The van der Waals surface area contributed by atoms with Gasteiger partial charge in [-0.05, 0) is 51.0 Å². The van der Waals surface area contributed by atoms with Gasteiger partial charge in [-0.2, -0.15) is 0 Å². The van der Waals surface area contributed by atoms with Crippen LogP contribution in [0.15, 0.2) is 24.3 Å². The molecule has 0 radical (unpaired) electrons. The number of nitrogens with one attached hydrogen (secondary N) is 2. The van der Waals surface area contributed by atoms with Crippen LogP contribution in [0.2, 0.25) is 0 Å². The highest BCUT2D eigenvalue weighted by Gasteiger charge is 2.33. The van der Waals surface area contributed by atoms with Gasteiger partial charge in [0.25, 0.3) is 5.91 Å². The first-order valence-electron chi connectivity index (χ1n) is 8.76. The van der Waals surface area contributed by atoms with E-state index in [9.17, 15) is 18.0 Å². The number of amides is 2. The van der Waals surface area contributed by atoms with E-state index >= 15 is 0 Å². The summed E-state index contributed by atoms with van der Waals surface area (Å²) in [5.74, 6) is 0.0928. The molecule has 0 spiro atoms. The van der Waals surface area contributed by atoms with Gasteiger partial charge >= 0.3 is 0 Å². The molecule has 2 N–H and O–H groups in total. The Morgan fingerprint density at radius 2 is 1.74 bits per heavy atom. The number of carbonyl (C=O) groups is 2. The predicted molar refractivity (Wildman–Crippen MR) is 106 cm³/mol. The van der Waals surface area contributed by atoms with Gasteiger partial charge in [0.15, 0.2) is 0 Å². The number of hydrogen-bond acceptors (Lipinski definition) is 4. The van der Waals surface area contributed by atoms with Crippen molar-refractivity contribution in [3.05, 3.63) is 29.8 Å². The topological polar surface area (TPSA) is 95.6 Å². The SMILES string of the molecule is CC(C)(CCl)C(=O)N1CCC(NC(=O)c2ccc(NS(C)(=O)=O)cc2)CC1. The van der Waals surface area contributed by atoms with Gasteiger partial charge in [0.2, 0.25) is 15.9 Å². The highest BCUT2D eigenvalue weighted by molar-refractivity contribution is 7.92. The molecule has 0 bridgehead atoms. The van der Waals surface area contributed by atoms with E-state index in [0.29, 0.717) is 37.2 Å². The lowest BCUT2D eigenvalue weighted by Gasteiger charge is -2.36. The van der Waals surface area contributed by atoms with Crippen LogP contribution in [0.1, 0.15) is 37.0 Å². The second kappa shape index (κ2) is 8.48. The molecule has 0 aliphatic carbocycles. The van der Waals surface area contributed by atoms with E-state index in [1.54, 1.807) is 29.2 Å². The maximum absolute atomic E-state index is 12.4. The van der Waals surface area contributed by atoms with Gasteiger partial charge in [0.1, 0.15) is 0 Å². The number of sulfonamides is 1. The van der Waals surface area contributed by atoms with E-state index in [4.69, 9.17) is 11.6 Å². The van der Waals surface area contributed by atoms with E-state index in [1.807, 2.05) is 13.8 Å². The maximum Gasteiger partial charge on any atom is 0.251 e. The van der Waals surface area contributed by atoms with Crippen LogP contribution in [0.25, 0.3) is 0 Å². The summed E-state index contributed by atoms with van der Waals surface area (Å²) in [7, 11) is -3.35. The molecule has 0 aromatic heterocycles. The van der Waals surface area contributed by atoms with E-state index in [-0.39, 0.29) is 23.7 Å². The molecule has 1 aliphatic heterocycles. The molecule has 0 saturated carbocycles. The molecular formula is C18H26ClN3O4S. The molecule has 27 heavy (non-hydrogen) atoms. The van der Waals surface area contributed by atoms with E-state index in [0.717, 1.165) is 6.26 Å². The van der Waals surface area contributed by atoms with Crippen LogP contribution in [0.3, 0.4) is 0 Å². The number of rotatable bonds is 6.